The lowest BCUT2D eigenvalue weighted by atomic mass is 10.1. The molecule has 0 saturated carbocycles. The summed E-state index contributed by atoms with van der Waals surface area (Å²) in [5.41, 5.74) is 3.40. The van der Waals surface area contributed by atoms with Crippen molar-refractivity contribution in [3.63, 3.8) is 0 Å². The molecule has 0 aliphatic heterocycles. The summed E-state index contributed by atoms with van der Waals surface area (Å²) in [5.74, 6) is 0. The van der Waals surface area contributed by atoms with Gasteiger partial charge in [-0.15, -0.1) is 0 Å². The summed E-state index contributed by atoms with van der Waals surface area (Å²) in [6.45, 7) is 4.89. The van der Waals surface area contributed by atoms with Crippen molar-refractivity contribution in [2.24, 2.45) is 0 Å². The van der Waals surface area contributed by atoms with E-state index in [4.69, 9.17) is 0 Å². The zero-order chi connectivity index (χ0) is 13.8. The van der Waals surface area contributed by atoms with E-state index < -0.39 is 0 Å². The Labute approximate surface area is 119 Å². The smallest absolute Gasteiger partial charge is 0.0400 e. The van der Waals surface area contributed by atoms with E-state index in [2.05, 4.69) is 66.5 Å². The summed E-state index contributed by atoms with van der Waals surface area (Å²) in [6, 6.07) is 25.1. The van der Waals surface area contributed by atoms with Crippen LogP contribution < -0.4 is 5.32 Å². The van der Waals surface area contributed by atoms with Crippen molar-refractivity contribution < 1.29 is 0 Å². The van der Waals surface area contributed by atoms with Crippen LogP contribution in [0.15, 0.2) is 79.4 Å². The number of hydrogen-bond donors (Lipinski definition) is 1. The molecule has 0 heterocycles. The van der Waals surface area contributed by atoms with Crippen LogP contribution >= 0.6 is 0 Å². The summed E-state index contributed by atoms with van der Waals surface area (Å²) < 4.78 is 0. The van der Waals surface area contributed by atoms with Crippen LogP contribution in [0.25, 0.3) is 16.3 Å². The molecule has 0 bridgehead atoms. The van der Waals surface area contributed by atoms with Crippen molar-refractivity contribution in [2.45, 2.75) is 0 Å². The first-order valence-corrected chi connectivity index (χ1v) is 6.79. The van der Waals surface area contributed by atoms with Crippen LogP contribution in [0.2, 0.25) is 0 Å². The van der Waals surface area contributed by atoms with Gasteiger partial charge in [-0.2, -0.15) is 0 Å². The topological polar surface area (TPSA) is 12.0 Å². The van der Waals surface area contributed by atoms with Crippen LogP contribution in [0.1, 0.15) is 5.56 Å². The quantitative estimate of drug-likeness (QED) is 0.698. The predicted molar refractivity (Wildman–Crippen MR) is 87.9 cm³/mol. The normalized spacial score (nSPS) is 10.4. The Kier molecular flexibility index (Phi) is 3.51. The third-order valence-corrected chi connectivity index (χ3v) is 3.44. The lowest BCUT2D eigenvalue weighted by Crippen LogP contribution is -2.03. The maximum atomic E-state index is 4.14. The first-order chi connectivity index (χ1) is 9.83. The molecule has 20 heavy (non-hydrogen) atoms. The number of nitrogens with one attached hydrogen (secondary N) is 1. The number of fused-ring (bicyclic) bond motifs is 1. The second-order valence-corrected chi connectivity index (χ2v) is 4.89. The fourth-order valence-electron chi connectivity index (χ4n) is 2.28. The lowest BCUT2D eigenvalue weighted by Gasteiger charge is -2.10. The summed E-state index contributed by atoms with van der Waals surface area (Å²) in [4.78, 5) is 0. The van der Waals surface area contributed by atoms with Gasteiger partial charge in [-0.3, -0.25) is 0 Å². The van der Waals surface area contributed by atoms with E-state index in [0.29, 0.717) is 0 Å². The van der Waals surface area contributed by atoms with E-state index in [1.165, 1.54) is 16.3 Å². The zero-order valence-corrected chi connectivity index (χ0v) is 11.3. The standard InChI is InChI=1S/C19H17N/c1-15(16-7-3-2-4-8-16)14-20-19-12-11-17-9-5-6-10-18(17)13-19/h2-13,20H,1,14H2. The molecule has 0 amide bonds. The zero-order valence-electron chi connectivity index (χ0n) is 11.3. The Balaban J connectivity index is 1.72. The van der Waals surface area contributed by atoms with Crippen molar-refractivity contribution >= 4 is 22.0 Å². The highest BCUT2D eigenvalue weighted by Gasteiger charge is 1.99. The van der Waals surface area contributed by atoms with Gasteiger partial charge in [0.2, 0.25) is 0 Å². The van der Waals surface area contributed by atoms with Gasteiger partial charge in [-0.25, -0.2) is 0 Å². The summed E-state index contributed by atoms with van der Waals surface area (Å²) >= 11 is 0. The minimum atomic E-state index is 0.752. The van der Waals surface area contributed by atoms with E-state index in [0.717, 1.165) is 17.8 Å². The van der Waals surface area contributed by atoms with Crippen LogP contribution in [-0.4, -0.2) is 6.54 Å². The first kappa shape index (κ1) is 12.5. The summed E-state index contributed by atoms with van der Waals surface area (Å²) in [5, 5.41) is 5.95. The van der Waals surface area contributed by atoms with Gasteiger partial charge >= 0.3 is 0 Å². The van der Waals surface area contributed by atoms with E-state index in [9.17, 15) is 0 Å². The average molecular weight is 259 g/mol. The highest BCUT2D eigenvalue weighted by molar-refractivity contribution is 5.86. The molecule has 0 atom stereocenters. The molecule has 1 heteroatoms. The van der Waals surface area contributed by atoms with Crippen LogP contribution in [0.3, 0.4) is 0 Å². The largest absolute Gasteiger partial charge is 0.381 e. The number of rotatable bonds is 4. The van der Waals surface area contributed by atoms with E-state index in [1.54, 1.807) is 0 Å². The summed E-state index contributed by atoms with van der Waals surface area (Å²) in [7, 11) is 0. The fraction of sp³-hybridized carbons (Fsp3) is 0.0526. The minimum Gasteiger partial charge on any atom is -0.381 e. The van der Waals surface area contributed by atoms with Gasteiger partial charge in [-0.1, -0.05) is 67.2 Å². The molecule has 0 saturated heterocycles. The van der Waals surface area contributed by atoms with Crippen LogP contribution in [0.5, 0.6) is 0 Å². The minimum absolute atomic E-state index is 0.752. The molecule has 3 aromatic rings. The Hall–Kier alpha value is -2.54. The van der Waals surface area contributed by atoms with E-state index >= 15 is 0 Å². The molecular weight excluding hydrogens is 242 g/mol. The molecule has 0 fully saturated rings. The van der Waals surface area contributed by atoms with E-state index in [-0.39, 0.29) is 0 Å². The first-order valence-electron chi connectivity index (χ1n) is 6.79. The molecule has 0 spiro atoms. The molecule has 1 nitrogen and oxygen atoms in total. The Morgan fingerprint density at radius 2 is 1.50 bits per heavy atom. The van der Waals surface area contributed by atoms with Gasteiger partial charge in [0.1, 0.15) is 0 Å². The Morgan fingerprint density at radius 3 is 2.30 bits per heavy atom. The van der Waals surface area contributed by atoms with Gasteiger partial charge in [-0.05, 0) is 34.0 Å². The molecule has 0 unspecified atom stereocenters. The third kappa shape index (κ3) is 2.72. The third-order valence-electron chi connectivity index (χ3n) is 3.44. The second-order valence-electron chi connectivity index (χ2n) is 4.89. The van der Waals surface area contributed by atoms with Crippen molar-refractivity contribution in [1.82, 2.24) is 0 Å². The summed E-state index contributed by atoms with van der Waals surface area (Å²) in [6.07, 6.45) is 0. The van der Waals surface area contributed by atoms with Gasteiger partial charge in [0.05, 0.1) is 0 Å². The number of hydrogen-bond acceptors (Lipinski definition) is 1. The maximum absolute atomic E-state index is 4.14. The van der Waals surface area contributed by atoms with Gasteiger partial charge in [0.25, 0.3) is 0 Å². The number of benzene rings is 3. The molecule has 1 N–H and O–H groups in total. The van der Waals surface area contributed by atoms with Gasteiger partial charge < -0.3 is 5.32 Å². The monoisotopic (exact) mass is 259 g/mol. The molecule has 3 aromatic carbocycles. The van der Waals surface area contributed by atoms with Crippen molar-refractivity contribution in [3.8, 4) is 0 Å². The molecular formula is C19H17N. The highest BCUT2D eigenvalue weighted by Crippen LogP contribution is 2.20. The molecule has 0 aliphatic rings. The van der Waals surface area contributed by atoms with Crippen molar-refractivity contribution in [1.29, 1.82) is 0 Å². The van der Waals surface area contributed by atoms with Crippen LogP contribution in [-0.2, 0) is 0 Å². The second kappa shape index (κ2) is 5.62. The Bertz CT molecular complexity index is 729. The maximum Gasteiger partial charge on any atom is 0.0400 e. The number of anilines is 1. The van der Waals surface area contributed by atoms with E-state index in [1.807, 2.05) is 18.2 Å². The lowest BCUT2D eigenvalue weighted by molar-refractivity contribution is 1.35. The van der Waals surface area contributed by atoms with Gasteiger partial charge in [0, 0.05) is 12.2 Å². The van der Waals surface area contributed by atoms with Crippen LogP contribution in [0.4, 0.5) is 5.69 Å². The fourth-order valence-corrected chi connectivity index (χ4v) is 2.28. The van der Waals surface area contributed by atoms with Crippen molar-refractivity contribution in [3.05, 3.63) is 84.9 Å². The van der Waals surface area contributed by atoms with Gasteiger partial charge in [0.15, 0.2) is 0 Å². The highest BCUT2D eigenvalue weighted by atomic mass is 14.9. The molecule has 0 radical (unpaired) electrons. The molecule has 3 rings (SSSR count). The average Bonchev–Trinajstić information content (AvgIpc) is 2.53. The Morgan fingerprint density at radius 1 is 0.800 bits per heavy atom. The van der Waals surface area contributed by atoms with Crippen LogP contribution in [0, 0.1) is 0 Å². The molecule has 98 valence electrons. The molecule has 0 aliphatic carbocycles. The predicted octanol–water partition coefficient (Wildman–Crippen LogP) is 4.97. The SMILES string of the molecule is C=C(CNc1ccc2ccccc2c1)c1ccccc1. The van der Waals surface area contributed by atoms with Crippen molar-refractivity contribution in [2.75, 3.05) is 11.9 Å². The molecule has 0 aromatic heterocycles.